The van der Waals surface area contributed by atoms with Crippen LogP contribution in [-0.2, 0) is 0 Å². The van der Waals surface area contributed by atoms with E-state index >= 15 is 0 Å². The lowest BCUT2D eigenvalue weighted by Gasteiger charge is -2.07. The van der Waals surface area contributed by atoms with Crippen LogP contribution in [0.3, 0.4) is 0 Å². The third kappa shape index (κ3) is 4.50. The summed E-state index contributed by atoms with van der Waals surface area (Å²) in [6, 6.07) is 16.6. The molecule has 0 bridgehead atoms. The zero-order valence-corrected chi connectivity index (χ0v) is 15.7. The van der Waals surface area contributed by atoms with Crippen molar-refractivity contribution in [1.82, 2.24) is 0 Å². The molecule has 0 aliphatic carbocycles. The molecule has 3 aromatic carbocycles. The Morgan fingerprint density at radius 3 is 2.37 bits per heavy atom. The Bertz CT molecular complexity index is 1170. The van der Waals surface area contributed by atoms with E-state index in [-0.39, 0.29) is 5.75 Å². The third-order valence-corrected chi connectivity index (χ3v) is 4.16. The fourth-order valence-corrected chi connectivity index (χ4v) is 2.63. The van der Waals surface area contributed by atoms with Crippen molar-refractivity contribution in [2.75, 3.05) is 7.11 Å². The molecule has 0 fully saturated rings. The molecule has 7 heteroatoms. The van der Waals surface area contributed by atoms with E-state index in [1.54, 1.807) is 42.5 Å². The monoisotopic (exact) mass is 409 g/mol. The van der Waals surface area contributed by atoms with Crippen LogP contribution in [0.5, 0.6) is 11.5 Å². The lowest BCUT2D eigenvalue weighted by Crippen LogP contribution is -2.12. The first-order valence-corrected chi connectivity index (χ1v) is 8.65. The molecule has 30 heavy (non-hydrogen) atoms. The number of hydrogen-bond donors (Lipinski definition) is 0. The van der Waals surface area contributed by atoms with Crippen molar-refractivity contribution in [3.8, 4) is 17.6 Å². The van der Waals surface area contributed by atoms with Crippen LogP contribution in [0.15, 0.2) is 60.7 Å². The quantitative estimate of drug-likeness (QED) is 0.186. The fourth-order valence-electron chi connectivity index (χ4n) is 2.63. The molecule has 0 saturated heterocycles. The maximum Gasteiger partial charge on any atom is 0.346 e. The maximum atomic E-state index is 13.8. The highest BCUT2D eigenvalue weighted by atomic mass is 19.2. The molecule has 3 rings (SSSR count). The van der Waals surface area contributed by atoms with Crippen LogP contribution >= 0.6 is 0 Å². The molecule has 0 heterocycles. The summed E-state index contributed by atoms with van der Waals surface area (Å²) in [4.78, 5) is 12.1. The van der Waals surface area contributed by atoms with Crippen molar-refractivity contribution in [3.63, 3.8) is 0 Å². The Kier molecular flexibility index (Phi) is 6.18. The van der Waals surface area contributed by atoms with Crippen molar-refractivity contribution in [2.45, 2.75) is 0 Å². The van der Waals surface area contributed by atoms with Crippen molar-refractivity contribution >= 4 is 17.6 Å². The second-order valence-corrected chi connectivity index (χ2v) is 6.08. The number of carbonyl (C=O) groups is 1. The molecule has 4 nitrogen and oxygen atoms in total. The second-order valence-electron chi connectivity index (χ2n) is 6.08. The highest BCUT2D eigenvalue weighted by molar-refractivity contribution is 5.92. The van der Waals surface area contributed by atoms with Crippen molar-refractivity contribution in [3.05, 3.63) is 94.8 Å². The fraction of sp³-hybridized carbons (Fsp3) is 0.0435. The largest absolute Gasteiger partial charge is 0.497 e. The number of nitriles is 1. The Morgan fingerprint density at radius 2 is 1.70 bits per heavy atom. The van der Waals surface area contributed by atoms with Crippen molar-refractivity contribution in [2.24, 2.45) is 0 Å². The lowest BCUT2D eigenvalue weighted by atomic mass is 10.0. The summed E-state index contributed by atoms with van der Waals surface area (Å²) in [5, 5.41) is 9.47. The molecule has 0 aromatic heterocycles. The number of hydrogen-bond acceptors (Lipinski definition) is 4. The van der Waals surface area contributed by atoms with Crippen LogP contribution in [0.1, 0.15) is 21.5 Å². The first-order valence-electron chi connectivity index (χ1n) is 8.65. The average Bonchev–Trinajstić information content (AvgIpc) is 2.76. The summed E-state index contributed by atoms with van der Waals surface area (Å²) in [6.45, 7) is 0. The van der Waals surface area contributed by atoms with Gasteiger partial charge in [0.2, 0.25) is 0 Å². The van der Waals surface area contributed by atoms with Crippen LogP contribution in [-0.4, -0.2) is 13.1 Å². The van der Waals surface area contributed by atoms with Gasteiger partial charge in [0.1, 0.15) is 11.5 Å². The third-order valence-electron chi connectivity index (χ3n) is 4.16. The van der Waals surface area contributed by atoms with Crippen LogP contribution in [0, 0.1) is 28.8 Å². The number of esters is 1. The summed E-state index contributed by atoms with van der Waals surface area (Å²) in [5.41, 5.74) is 0.821. The first kappa shape index (κ1) is 20.7. The van der Waals surface area contributed by atoms with E-state index in [0.29, 0.717) is 28.5 Å². The molecule has 0 spiro atoms. The average molecular weight is 409 g/mol. The van der Waals surface area contributed by atoms with Gasteiger partial charge < -0.3 is 9.47 Å². The van der Waals surface area contributed by atoms with Gasteiger partial charge in [-0.05, 0) is 65.7 Å². The predicted molar refractivity (Wildman–Crippen MR) is 104 cm³/mol. The van der Waals surface area contributed by atoms with Crippen LogP contribution in [0.25, 0.3) is 11.6 Å². The molecule has 0 atom stereocenters. The highest BCUT2D eigenvalue weighted by Gasteiger charge is 2.20. The summed E-state index contributed by atoms with van der Waals surface area (Å²) in [6.07, 6.45) is 1.58. The second kappa shape index (κ2) is 8.97. The minimum Gasteiger partial charge on any atom is -0.497 e. The van der Waals surface area contributed by atoms with Gasteiger partial charge in [0.25, 0.3) is 0 Å². The zero-order valence-electron chi connectivity index (χ0n) is 15.7. The van der Waals surface area contributed by atoms with Crippen LogP contribution < -0.4 is 9.47 Å². The van der Waals surface area contributed by atoms with E-state index in [9.17, 15) is 23.2 Å². The summed E-state index contributed by atoms with van der Waals surface area (Å²) >= 11 is 0. The van der Waals surface area contributed by atoms with Gasteiger partial charge in [-0.1, -0.05) is 12.1 Å². The molecule has 0 radical (unpaired) electrons. The molecular formula is C23H14F3NO3. The topological polar surface area (TPSA) is 59.3 Å². The van der Waals surface area contributed by atoms with E-state index in [2.05, 4.69) is 6.07 Å². The number of ether oxygens (including phenoxy) is 2. The SMILES string of the molecule is COc1ccc(/C(C#N)=C\c2cccc(OC(=O)c3ccc(F)c(F)c3F)c2)cc1. The van der Waals surface area contributed by atoms with Gasteiger partial charge in [-0.25, -0.2) is 18.0 Å². The smallest absolute Gasteiger partial charge is 0.346 e. The van der Waals surface area contributed by atoms with Gasteiger partial charge in [-0.2, -0.15) is 5.26 Å². The standard InChI is InChI=1S/C23H14F3NO3/c1-29-17-7-5-15(6-8-17)16(13-27)11-14-3-2-4-18(12-14)30-23(28)19-9-10-20(24)22(26)21(19)25/h2-12H,1H3/b16-11-. The van der Waals surface area contributed by atoms with Gasteiger partial charge in [0.05, 0.1) is 24.3 Å². The number of rotatable bonds is 5. The first-order chi connectivity index (χ1) is 14.4. The maximum absolute atomic E-state index is 13.8. The molecular weight excluding hydrogens is 395 g/mol. The van der Waals surface area contributed by atoms with Gasteiger partial charge in [0.15, 0.2) is 17.5 Å². The molecule has 0 aliphatic heterocycles. The molecule has 0 N–H and O–H groups in total. The van der Waals surface area contributed by atoms with E-state index in [1.165, 1.54) is 19.2 Å². The number of allylic oxidation sites excluding steroid dienone is 1. The Balaban J connectivity index is 1.85. The number of carbonyl (C=O) groups excluding carboxylic acids is 1. The minimum atomic E-state index is -1.75. The Hall–Kier alpha value is -4.05. The molecule has 150 valence electrons. The lowest BCUT2D eigenvalue weighted by molar-refractivity contribution is 0.0728. The summed E-state index contributed by atoms with van der Waals surface area (Å²) in [5.74, 6) is -5.26. The summed E-state index contributed by atoms with van der Waals surface area (Å²) < 4.78 is 50.3. The number of nitrogens with zero attached hydrogens (tertiary/aromatic N) is 1. The Labute approximate surface area is 170 Å². The molecule has 0 saturated carbocycles. The molecule has 0 aliphatic rings. The highest BCUT2D eigenvalue weighted by Crippen LogP contribution is 2.24. The Morgan fingerprint density at radius 1 is 0.967 bits per heavy atom. The minimum absolute atomic E-state index is 0.0462. The van der Waals surface area contributed by atoms with E-state index in [4.69, 9.17) is 9.47 Å². The van der Waals surface area contributed by atoms with Gasteiger partial charge in [-0.3, -0.25) is 0 Å². The zero-order chi connectivity index (χ0) is 21.7. The van der Waals surface area contributed by atoms with Crippen molar-refractivity contribution < 1.29 is 27.4 Å². The van der Waals surface area contributed by atoms with Gasteiger partial charge in [-0.15, -0.1) is 0 Å². The molecule has 0 unspecified atom stereocenters. The predicted octanol–water partition coefficient (Wildman–Crippen LogP) is 5.40. The van der Waals surface area contributed by atoms with E-state index in [0.717, 1.165) is 6.07 Å². The number of methoxy groups -OCH3 is 1. The molecule has 0 amide bonds. The van der Waals surface area contributed by atoms with Gasteiger partial charge in [0, 0.05) is 0 Å². The number of halogens is 3. The van der Waals surface area contributed by atoms with E-state index < -0.39 is 29.0 Å². The molecule has 3 aromatic rings. The van der Waals surface area contributed by atoms with E-state index in [1.807, 2.05) is 0 Å². The summed E-state index contributed by atoms with van der Waals surface area (Å²) in [7, 11) is 1.54. The van der Waals surface area contributed by atoms with Crippen molar-refractivity contribution in [1.29, 1.82) is 5.26 Å². The number of benzene rings is 3. The van der Waals surface area contributed by atoms with Crippen LogP contribution in [0.4, 0.5) is 13.2 Å². The normalized spacial score (nSPS) is 11.0. The van der Waals surface area contributed by atoms with Gasteiger partial charge >= 0.3 is 5.97 Å². The van der Waals surface area contributed by atoms with Crippen LogP contribution in [0.2, 0.25) is 0 Å².